The van der Waals surface area contributed by atoms with Gasteiger partial charge in [0.25, 0.3) is 0 Å². The normalized spacial score (nSPS) is 22.0. The van der Waals surface area contributed by atoms with E-state index >= 15 is 0 Å². The average Bonchev–Trinajstić information content (AvgIpc) is 3.70. The fourth-order valence-corrected chi connectivity index (χ4v) is 6.90. The summed E-state index contributed by atoms with van der Waals surface area (Å²) in [6, 6.07) is 22.4. The van der Waals surface area contributed by atoms with Crippen LogP contribution in [0.25, 0.3) is 44.7 Å². The first-order valence-corrected chi connectivity index (χ1v) is 14.4. The van der Waals surface area contributed by atoms with E-state index in [1.54, 1.807) is 5.71 Å². The highest BCUT2D eigenvalue weighted by Gasteiger charge is 2.44. The standard InChI is InChI=1S/C34H32N5O/c1-21-3-2-14-35-32(21)23-5-7-24(8-6-23)33-31-16-27(18-36-34(31)38-37-33)26-9-4-22-10-12-28(13-11-25(22)15-26)39-19-30-17-29(39)20-40-30/h2-9,14-16,18,29-30H,10-13,17,19-20H2,1H3,(H,36,37,38)/q+1/t29-,30-/m0/s1. The number of hydrogen-bond acceptors (Lipinski definition) is 4. The van der Waals surface area contributed by atoms with E-state index in [1.807, 2.05) is 18.5 Å². The zero-order chi connectivity index (χ0) is 26.6. The van der Waals surface area contributed by atoms with E-state index < -0.39 is 0 Å². The highest BCUT2D eigenvalue weighted by molar-refractivity contribution is 5.93. The summed E-state index contributed by atoms with van der Waals surface area (Å²) in [6.07, 6.45) is 10.00. The molecule has 40 heavy (non-hydrogen) atoms. The fraction of sp³-hybridized carbons (Fsp3) is 0.294. The largest absolute Gasteiger partial charge is 0.364 e. The van der Waals surface area contributed by atoms with Gasteiger partial charge in [-0.25, -0.2) is 9.56 Å². The van der Waals surface area contributed by atoms with Crippen LogP contribution < -0.4 is 0 Å². The van der Waals surface area contributed by atoms with Gasteiger partial charge in [0.2, 0.25) is 0 Å². The number of rotatable bonds is 3. The molecule has 1 aliphatic carbocycles. The Balaban J connectivity index is 1.09. The van der Waals surface area contributed by atoms with Gasteiger partial charge in [-0.05, 0) is 54.2 Å². The SMILES string of the molecule is Cc1cccnc1-c1ccc(-c2[nH]nc3ncc(-c4ccc5c(c4)CCC(=[N+]4C[C@@H]6C[C@H]4CO6)CC5)cc23)cc1. The molecule has 6 heteroatoms. The number of hydrogen-bond donors (Lipinski definition) is 1. The first-order chi connectivity index (χ1) is 19.7. The number of aryl methyl sites for hydroxylation is 3. The van der Waals surface area contributed by atoms with Crippen LogP contribution in [0.15, 0.2) is 73.1 Å². The van der Waals surface area contributed by atoms with Gasteiger partial charge in [0.05, 0.1) is 11.4 Å². The highest BCUT2D eigenvalue weighted by Crippen LogP contribution is 2.33. The molecule has 3 aliphatic rings. The van der Waals surface area contributed by atoms with Gasteiger partial charge in [-0.15, -0.1) is 0 Å². The van der Waals surface area contributed by atoms with Crippen LogP contribution in [-0.4, -0.2) is 55.7 Å². The lowest BCUT2D eigenvalue weighted by molar-refractivity contribution is -0.564. The molecular formula is C34H32N5O+. The third kappa shape index (κ3) is 4.06. The molecule has 0 saturated carbocycles. The molecule has 6 nitrogen and oxygen atoms in total. The Morgan fingerprint density at radius 2 is 1.68 bits per heavy atom. The van der Waals surface area contributed by atoms with Gasteiger partial charge >= 0.3 is 0 Å². The van der Waals surface area contributed by atoms with Crippen molar-refractivity contribution in [3.63, 3.8) is 0 Å². The zero-order valence-electron chi connectivity index (χ0n) is 22.7. The third-order valence-corrected chi connectivity index (χ3v) is 9.08. The minimum atomic E-state index is 0.452. The van der Waals surface area contributed by atoms with Crippen molar-refractivity contribution in [2.75, 3.05) is 13.2 Å². The van der Waals surface area contributed by atoms with E-state index in [4.69, 9.17) is 9.72 Å². The first-order valence-electron chi connectivity index (χ1n) is 14.4. The Labute approximate surface area is 233 Å². The van der Waals surface area contributed by atoms with Gasteiger partial charge in [0, 0.05) is 53.7 Å². The molecule has 2 bridgehead atoms. The lowest BCUT2D eigenvalue weighted by Gasteiger charge is -2.13. The van der Waals surface area contributed by atoms with E-state index in [0.29, 0.717) is 12.1 Å². The summed E-state index contributed by atoms with van der Waals surface area (Å²) in [4.78, 5) is 9.29. The van der Waals surface area contributed by atoms with Crippen molar-refractivity contribution in [2.24, 2.45) is 0 Å². The fourth-order valence-electron chi connectivity index (χ4n) is 6.90. The van der Waals surface area contributed by atoms with Gasteiger partial charge in [-0.2, -0.15) is 5.10 Å². The minimum absolute atomic E-state index is 0.452. The van der Waals surface area contributed by atoms with Gasteiger partial charge in [0.15, 0.2) is 23.9 Å². The number of nitrogens with zero attached hydrogens (tertiary/aromatic N) is 4. The van der Waals surface area contributed by atoms with E-state index in [0.717, 1.165) is 71.5 Å². The molecule has 1 N–H and O–H groups in total. The number of benzene rings is 2. The molecule has 3 aromatic heterocycles. The topological polar surface area (TPSA) is 66.7 Å². The van der Waals surface area contributed by atoms with Crippen LogP contribution in [0, 0.1) is 6.92 Å². The van der Waals surface area contributed by atoms with Crippen LogP contribution >= 0.6 is 0 Å². The van der Waals surface area contributed by atoms with Gasteiger partial charge in [-0.3, -0.25) is 10.1 Å². The monoisotopic (exact) mass is 526 g/mol. The van der Waals surface area contributed by atoms with Gasteiger partial charge in [-0.1, -0.05) is 48.5 Å². The summed E-state index contributed by atoms with van der Waals surface area (Å²) in [7, 11) is 0. The minimum Gasteiger partial charge on any atom is -0.364 e. The van der Waals surface area contributed by atoms with Gasteiger partial charge in [0.1, 0.15) is 12.7 Å². The Kier molecular flexibility index (Phi) is 5.62. The molecule has 5 aromatic rings. The summed E-state index contributed by atoms with van der Waals surface area (Å²) in [6.45, 7) is 4.09. The summed E-state index contributed by atoms with van der Waals surface area (Å²) >= 11 is 0. The van der Waals surface area contributed by atoms with Crippen LogP contribution in [-0.2, 0) is 17.6 Å². The first kappa shape index (κ1) is 23.7. The number of fused-ring (bicyclic) bond motifs is 4. The molecule has 0 unspecified atom stereocenters. The Hall–Kier alpha value is -4.16. The molecule has 2 fully saturated rings. The molecule has 2 atom stereocenters. The van der Waals surface area contributed by atoms with E-state index in [9.17, 15) is 0 Å². The van der Waals surface area contributed by atoms with Crippen LogP contribution in [0.2, 0.25) is 0 Å². The Bertz CT molecular complexity index is 1780. The average molecular weight is 527 g/mol. The van der Waals surface area contributed by atoms with Crippen LogP contribution in [0.5, 0.6) is 0 Å². The van der Waals surface area contributed by atoms with Gasteiger partial charge < -0.3 is 4.74 Å². The van der Waals surface area contributed by atoms with Crippen molar-refractivity contribution in [3.05, 3.63) is 89.7 Å². The number of aromatic nitrogens is 4. The predicted octanol–water partition coefficient (Wildman–Crippen LogP) is 6.17. The summed E-state index contributed by atoms with van der Waals surface area (Å²) in [5, 5.41) is 8.78. The number of nitrogens with one attached hydrogen (secondary N) is 1. The van der Waals surface area contributed by atoms with Crippen molar-refractivity contribution < 1.29 is 9.31 Å². The molecule has 2 aromatic carbocycles. The lowest BCUT2D eigenvalue weighted by Crippen LogP contribution is -2.34. The van der Waals surface area contributed by atoms with Crippen molar-refractivity contribution >= 4 is 16.7 Å². The summed E-state index contributed by atoms with van der Waals surface area (Å²) in [5.74, 6) is 0. The second-order valence-electron chi connectivity index (χ2n) is 11.5. The molecule has 8 rings (SSSR count). The maximum Gasteiger partial charge on any atom is 0.181 e. The molecule has 0 spiro atoms. The maximum absolute atomic E-state index is 5.85. The zero-order valence-corrected chi connectivity index (χ0v) is 22.7. The quantitative estimate of drug-likeness (QED) is 0.226. The second-order valence-corrected chi connectivity index (χ2v) is 11.5. The van der Waals surface area contributed by atoms with Crippen molar-refractivity contribution in [1.29, 1.82) is 0 Å². The summed E-state index contributed by atoms with van der Waals surface area (Å²) in [5.41, 5.74) is 13.0. The van der Waals surface area contributed by atoms with E-state index in [1.165, 1.54) is 35.1 Å². The number of pyridine rings is 2. The lowest BCUT2D eigenvalue weighted by atomic mass is 9.96. The van der Waals surface area contributed by atoms with E-state index in [2.05, 4.69) is 81.3 Å². The molecular weight excluding hydrogens is 494 g/mol. The number of H-pyrrole nitrogens is 1. The highest BCUT2D eigenvalue weighted by atomic mass is 16.5. The molecule has 5 heterocycles. The molecule has 2 aliphatic heterocycles. The van der Waals surface area contributed by atoms with Crippen LogP contribution in [0.3, 0.4) is 0 Å². The van der Waals surface area contributed by atoms with E-state index in [-0.39, 0.29) is 0 Å². The Morgan fingerprint density at radius 1 is 0.850 bits per heavy atom. The van der Waals surface area contributed by atoms with Crippen molar-refractivity contribution in [1.82, 2.24) is 20.2 Å². The number of aromatic amines is 1. The second kappa shape index (κ2) is 9.49. The predicted molar refractivity (Wildman–Crippen MR) is 158 cm³/mol. The summed E-state index contributed by atoms with van der Waals surface area (Å²) < 4.78 is 8.52. The molecule has 198 valence electrons. The maximum atomic E-state index is 5.85. The van der Waals surface area contributed by atoms with Crippen molar-refractivity contribution in [3.8, 4) is 33.6 Å². The molecule has 2 saturated heterocycles. The van der Waals surface area contributed by atoms with Crippen LogP contribution in [0.1, 0.15) is 36.0 Å². The Morgan fingerprint density at radius 3 is 2.48 bits per heavy atom. The third-order valence-electron chi connectivity index (χ3n) is 9.08. The van der Waals surface area contributed by atoms with Crippen molar-refractivity contribution in [2.45, 2.75) is 51.2 Å². The molecule has 0 radical (unpaired) electrons. The molecule has 0 amide bonds. The number of ether oxygens (including phenoxy) is 1. The number of morpholine rings is 1. The van der Waals surface area contributed by atoms with Crippen LogP contribution in [0.4, 0.5) is 0 Å². The smallest absolute Gasteiger partial charge is 0.181 e.